The zero-order valence-electron chi connectivity index (χ0n) is 17.0. The molecule has 0 atom stereocenters. The quantitative estimate of drug-likeness (QED) is 0.477. The number of carbonyl (C=O) groups is 1. The van der Waals surface area contributed by atoms with Crippen LogP contribution in [0.4, 0.5) is 0 Å². The highest BCUT2D eigenvalue weighted by Crippen LogP contribution is 2.33. The molecule has 0 unspecified atom stereocenters. The van der Waals surface area contributed by atoms with E-state index in [1.165, 1.54) is 11.8 Å². The molecule has 0 amide bonds. The van der Waals surface area contributed by atoms with Crippen LogP contribution in [0.2, 0.25) is 0 Å². The Hall–Kier alpha value is -4.07. The van der Waals surface area contributed by atoms with Gasteiger partial charge in [-0.3, -0.25) is 4.79 Å². The molecule has 0 spiro atoms. The van der Waals surface area contributed by atoms with E-state index in [1.54, 1.807) is 29.1 Å². The molecule has 156 valence electrons. The van der Waals surface area contributed by atoms with Crippen molar-refractivity contribution in [1.82, 2.24) is 14.3 Å². The number of aromatic nitrogens is 3. The number of fused-ring (bicyclic) bond motifs is 2. The van der Waals surface area contributed by atoms with Crippen molar-refractivity contribution >= 4 is 5.97 Å². The highest BCUT2D eigenvalue weighted by molar-refractivity contribution is 5.96. The highest BCUT2D eigenvalue weighted by atomic mass is 16.6. The number of hydrogen-bond donors (Lipinski definition) is 0. The Morgan fingerprint density at radius 1 is 1.06 bits per heavy atom. The SMILES string of the molecule is COC(=O)c1cn(-c2ccc3c(c2)OCCO3)cc2c(=O)n(-c3ccccc3C)nc1-2. The average Bonchev–Trinajstić information content (AvgIpc) is 3.14. The molecular weight excluding hydrogens is 398 g/mol. The molecule has 0 aromatic heterocycles. The van der Waals surface area contributed by atoms with E-state index in [0.717, 1.165) is 5.56 Å². The van der Waals surface area contributed by atoms with Crippen molar-refractivity contribution in [2.45, 2.75) is 6.92 Å². The van der Waals surface area contributed by atoms with Crippen LogP contribution in [0.1, 0.15) is 15.9 Å². The maximum Gasteiger partial charge on any atom is 0.341 e. The lowest BCUT2D eigenvalue weighted by Crippen LogP contribution is -2.17. The van der Waals surface area contributed by atoms with Crippen molar-refractivity contribution in [3.63, 3.8) is 0 Å². The second-order valence-corrected chi connectivity index (χ2v) is 7.16. The first-order valence-electron chi connectivity index (χ1n) is 9.76. The van der Waals surface area contributed by atoms with Gasteiger partial charge >= 0.3 is 5.97 Å². The molecule has 2 aromatic rings. The second kappa shape index (κ2) is 7.32. The maximum absolute atomic E-state index is 13.3. The number of esters is 1. The number of rotatable bonds is 3. The van der Waals surface area contributed by atoms with Crippen molar-refractivity contribution in [2.75, 3.05) is 20.3 Å². The Balaban J connectivity index is 1.74. The summed E-state index contributed by atoms with van der Waals surface area (Å²) in [6.07, 6.45) is 3.27. The summed E-state index contributed by atoms with van der Waals surface area (Å²) >= 11 is 0. The minimum atomic E-state index is -0.577. The van der Waals surface area contributed by atoms with Crippen LogP contribution in [-0.4, -0.2) is 40.6 Å². The molecule has 3 aliphatic rings. The smallest absolute Gasteiger partial charge is 0.341 e. The molecular formula is C23H19N3O5. The number of pyridine rings is 1. The van der Waals surface area contributed by atoms with Crippen molar-refractivity contribution in [3.05, 3.63) is 76.3 Å². The first-order valence-corrected chi connectivity index (χ1v) is 9.76. The zero-order valence-corrected chi connectivity index (χ0v) is 17.0. The molecule has 0 saturated carbocycles. The lowest BCUT2D eigenvalue weighted by atomic mass is 10.1. The molecule has 8 heteroatoms. The molecule has 0 fully saturated rings. The summed E-state index contributed by atoms with van der Waals surface area (Å²) in [7, 11) is 1.30. The van der Waals surface area contributed by atoms with E-state index < -0.39 is 5.97 Å². The van der Waals surface area contributed by atoms with E-state index >= 15 is 0 Å². The lowest BCUT2D eigenvalue weighted by Gasteiger charge is -2.20. The minimum Gasteiger partial charge on any atom is -0.486 e. The van der Waals surface area contributed by atoms with Crippen LogP contribution in [0.3, 0.4) is 0 Å². The van der Waals surface area contributed by atoms with Crippen LogP contribution in [0.15, 0.2) is 59.7 Å². The summed E-state index contributed by atoms with van der Waals surface area (Å²) in [6, 6.07) is 12.9. The van der Waals surface area contributed by atoms with E-state index in [2.05, 4.69) is 5.10 Å². The molecule has 0 radical (unpaired) electrons. The number of carbonyl (C=O) groups excluding carboxylic acids is 1. The molecule has 31 heavy (non-hydrogen) atoms. The van der Waals surface area contributed by atoms with E-state index in [4.69, 9.17) is 14.2 Å². The predicted molar refractivity (Wildman–Crippen MR) is 113 cm³/mol. The van der Waals surface area contributed by atoms with Gasteiger partial charge in [-0.05, 0) is 30.7 Å². The van der Waals surface area contributed by atoms with Crippen LogP contribution >= 0.6 is 0 Å². The number of nitrogens with zero attached hydrogens (tertiary/aromatic N) is 3. The van der Waals surface area contributed by atoms with Gasteiger partial charge in [0.1, 0.15) is 24.5 Å². The molecule has 3 heterocycles. The highest BCUT2D eigenvalue weighted by Gasteiger charge is 2.26. The topological polar surface area (TPSA) is 84.6 Å². The van der Waals surface area contributed by atoms with Crippen molar-refractivity contribution in [1.29, 1.82) is 0 Å². The van der Waals surface area contributed by atoms with Gasteiger partial charge in [-0.15, -0.1) is 0 Å². The normalized spacial score (nSPS) is 12.7. The van der Waals surface area contributed by atoms with Gasteiger partial charge in [-0.2, -0.15) is 9.78 Å². The third-order valence-corrected chi connectivity index (χ3v) is 5.24. The van der Waals surface area contributed by atoms with Gasteiger partial charge < -0.3 is 18.8 Å². The molecule has 2 aromatic carbocycles. The van der Waals surface area contributed by atoms with Gasteiger partial charge in [-0.25, -0.2) is 4.79 Å². The van der Waals surface area contributed by atoms with Gasteiger partial charge in [0.25, 0.3) is 5.56 Å². The molecule has 3 aliphatic heterocycles. The van der Waals surface area contributed by atoms with Crippen LogP contribution < -0.4 is 15.0 Å². The second-order valence-electron chi connectivity index (χ2n) is 7.16. The first kappa shape index (κ1) is 18.9. The molecule has 8 nitrogen and oxygen atoms in total. The van der Waals surface area contributed by atoms with Gasteiger partial charge in [0.2, 0.25) is 0 Å². The Morgan fingerprint density at radius 2 is 1.84 bits per heavy atom. The van der Waals surface area contributed by atoms with E-state index in [-0.39, 0.29) is 16.8 Å². The summed E-state index contributed by atoms with van der Waals surface area (Å²) in [4.78, 5) is 25.8. The Labute approximate surface area is 177 Å². The average molecular weight is 417 g/mol. The van der Waals surface area contributed by atoms with Crippen molar-refractivity contribution in [2.24, 2.45) is 0 Å². The monoisotopic (exact) mass is 417 g/mol. The summed E-state index contributed by atoms with van der Waals surface area (Å²) < 4.78 is 19.2. The first-order chi connectivity index (χ1) is 15.1. The zero-order chi connectivity index (χ0) is 21.5. The number of ether oxygens (including phenoxy) is 3. The Morgan fingerprint density at radius 3 is 2.61 bits per heavy atom. The summed E-state index contributed by atoms with van der Waals surface area (Å²) in [5, 5.41) is 4.46. The summed E-state index contributed by atoms with van der Waals surface area (Å²) in [6.45, 7) is 2.86. The lowest BCUT2D eigenvalue weighted by molar-refractivity contribution is 0.0600. The van der Waals surface area contributed by atoms with Gasteiger partial charge in [0.15, 0.2) is 11.5 Å². The number of benzene rings is 2. The van der Waals surface area contributed by atoms with Crippen molar-refractivity contribution < 1.29 is 19.0 Å². The third kappa shape index (κ3) is 3.13. The van der Waals surface area contributed by atoms with E-state index in [1.807, 2.05) is 37.3 Å². The van der Waals surface area contributed by atoms with Crippen LogP contribution in [-0.2, 0) is 4.74 Å². The molecule has 0 aliphatic carbocycles. The van der Waals surface area contributed by atoms with Gasteiger partial charge in [-0.1, -0.05) is 18.2 Å². The van der Waals surface area contributed by atoms with E-state index in [0.29, 0.717) is 41.7 Å². The maximum atomic E-state index is 13.3. The summed E-state index contributed by atoms with van der Waals surface area (Å²) in [5.74, 6) is 0.682. The molecule has 0 saturated heterocycles. The van der Waals surface area contributed by atoms with Gasteiger partial charge in [0.05, 0.1) is 18.4 Å². The van der Waals surface area contributed by atoms with Gasteiger partial charge in [0, 0.05) is 24.1 Å². The number of aryl methyl sites for hydroxylation is 1. The molecule has 5 rings (SSSR count). The standard InChI is InChI=1S/C23H19N3O5/c1-14-5-3-4-6-18(14)26-22(27)16-12-25(13-17(21(16)24-26)23(28)29-2)15-7-8-19-20(11-15)31-10-9-30-19/h3-8,11-13H,9-10H2,1-2H3. The largest absolute Gasteiger partial charge is 0.486 e. The van der Waals surface area contributed by atoms with Crippen molar-refractivity contribution in [3.8, 4) is 34.1 Å². The number of para-hydroxylation sites is 1. The van der Waals surface area contributed by atoms with Crippen LogP contribution in [0, 0.1) is 6.92 Å². The Kier molecular flexibility index (Phi) is 4.47. The minimum absolute atomic E-state index is 0.194. The van der Waals surface area contributed by atoms with Crippen LogP contribution in [0.25, 0.3) is 22.6 Å². The molecule has 0 bridgehead atoms. The Bertz CT molecular complexity index is 1340. The van der Waals surface area contributed by atoms with Crippen LogP contribution in [0.5, 0.6) is 11.5 Å². The fraction of sp³-hybridized carbons (Fsp3) is 0.174. The number of hydrogen-bond acceptors (Lipinski definition) is 6. The predicted octanol–water partition coefficient (Wildman–Crippen LogP) is 2.99. The number of methoxy groups -OCH3 is 1. The fourth-order valence-electron chi connectivity index (χ4n) is 3.67. The fourth-order valence-corrected chi connectivity index (χ4v) is 3.67. The molecule has 0 N–H and O–H groups in total. The summed E-state index contributed by atoms with van der Waals surface area (Å²) in [5.41, 5.74) is 2.73. The third-order valence-electron chi connectivity index (χ3n) is 5.24. The van der Waals surface area contributed by atoms with E-state index in [9.17, 15) is 9.59 Å².